The summed E-state index contributed by atoms with van der Waals surface area (Å²) < 4.78 is 0. The number of nitrogens with one attached hydrogen (secondary N) is 2. The molecule has 114 valence electrons. The largest absolute Gasteiger partial charge is 0.326 e. The van der Waals surface area contributed by atoms with Gasteiger partial charge in [0.15, 0.2) is 0 Å². The normalized spacial score (nSPS) is 16.9. The van der Waals surface area contributed by atoms with E-state index in [2.05, 4.69) is 47.0 Å². The van der Waals surface area contributed by atoms with Gasteiger partial charge in [-0.05, 0) is 41.5 Å². The second kappa shape index (κ2) is 6.99. The van der Waals surface area contributed by atoms with Gasteiger partial charge in [0.25, 0.3) is 0 Å². The summed E-state index contributed by atoms with van der Waals surface area (Å²) in [6, 6.07) is 17.1. The summed E-state index contributed by atoms with van der Waals surface area (Å²) in [5.41, 5.74) is 3.48. The Bertz CT molecular complexity index is 654. The molecular formula is C18H20N2OS. The Morgan fingerprint density at radius 3 is 2.73 bits per heavy atom. The van der Waals surface area contributed by atoms with Crippen molar-refractivity contribution in [3.63, 3.8) is 0 Å². The van der Waals surface area contributed by atoms with E-state index in [4.69, 9.17) is 0 Å². The number of carbonyl (C=O) groups excluding carboxylic acids is 1. The number of carbonyl (C=O) groups is 1. The monoisotopic (exact) mass is 312 g/mol. The molecule has 4 heteroatoms. The van der Waals surface area contributed by atoms with Gasteiger partial charge in [0.05, 0.1) is 0 Å². The minimum Gasteiger partial charge on any atom is -0.326 e. The maximum absolute atomic E-state index is 11.0. The standard InChI is InChI=1S/C18H20N2OS/c1-13(21)20-15-8-6-14(7-9-15)12-19-17-10-11-22-18-5-3-2-4-16(17)18/h2-9,17,19H,10-12H2,1H3,(H,20,21)/t17-/m1/s1. The number of rotatable bonds is 4. The number of fused-ring (bicyclic) bond motifs is 1. The molecule has 0 saturated heterocycles. The fourth-order valence-electron chi connectivity index (χ4n) is 2.70. The second-order valence-corrected chi connectivity index (χ2v) is 6.62. The summed E-state index contributed by atoms with van der Waals surface area (Å²) in [5.74, 6) is 1.12. The van der Waals surface area contributed by atoms with Crippen molar-refractivity contribution in [1.82, 2.24) is 5.32 Å². The Morgan fingerprint density at radius 1 is 1.18 bits per heavy atom. The molecule has 0 saturated carbocycles. The first-order chi connectivity index (χ1) is 10.7. The van der Waals surface area contributed by atoms with Crippen molar-refractivity contribution < 1.29 is 4.79 Å². The lowest BCUT2D eigenvalue weighted by Crippen LogP contribution is -2.24. The van der Waals surface area contributed by atoms with Crippen LogP contribution in [0, 0.1) is 0 Å². The highest BCUT2D eigenvalue weighted by Gasteiger charge is 2.19. The number of amides is 1. The van der Waals surface area contributed by atoms with E-state index in [1.54, 1.807) is 0 Å². The van der Waals surface area contributed by atoms with Crippen molar-refractivity contribution in [3.8, 4) is 0 Å². The molecule has 2 aromatic carbocycles. The number of thioether (sulfide) groups is 1. The molecule has 1 aliphatic heterocycles. The highest BCUT2D eigenvalue weighted by molar-refractivity contribution is 7.99. The Morgan fingerprint density at radius 2 is 1.95 bits per heavy atom. The van der Waals surface area contributed by atoms with E-state index in [1.165, 1.54) is 22.9 Å². The molecule has 1 atom stereocenters. The predicted octanol–water partition coefficient (Wildman–Crippen LogP) is 3.97. The molecule has 0 radical (unpaired) electrons. The lowest BCUT2D eigenvalue weighted by Gasteiger charge is -2.26. The highest BCUT2D eigenvalue weighted by Crippen LogP contribution is 2.35. The first-order valence-electron chi connectivity index (χ1n) is 7.54. The van der Waals surface area contributed by atoms with E-state index in [0.717, 1.165) is 24.4 Å². The van der Waals surface area contributed by atoms with Gasteiger partial charge in [-0.25, -0.2) is 0 Å². The van der Waals surface area contributed by atoms with Gasteiger partial charge in [0.1, 0.15) is 0 Å². The van der Waals surface area contributed by atoms with E-state index < -0.39 is 0 Å². The number of anilines is 1. The predicted molar refractivity (Wildman–Crippen MR) is 92.1 cm³/mol. The second-order valence-electron chi connectivity index (χ2n) is 5.49. The Balaban J connectivity index is 1.62. The first-order valence-corrected chi connectivity index (χ1v) is 8.52. The van der Waals surface area contributed by atoms with Crippen LogP contribution < -0.4 is 10.6 Å². The molecular weight excluding hydrogens is 292 g/mol. The molecule has 0 aromatic heterocycles. The maximum atomic E-state index is 11.0. The van der Waals surface area contributed by atoms with Crippen molar-refractivity contribution in [3.05, 3.63) is 59.7 Å². The van der Waals surface area contributed by atoms with E-state index >= 15 is 0 Å². The Labute approximate surface area is 135 Å². The molecule has 0 bridgehead atoms. The zero-order valence-electron chi connectivity index (χ0n) is 12.6. The van der Waals surface area contributed by atoms with Gasteiger partial charge in [0.2, 0.25) is 5.91 Å². The lowest BCUT2D eigenvalue weighted by atomic mass is 10.0. The van der Waals surface area contributed by atoms with Crippen molar-refractivity contribution in [2.45, 2.75) is 30.8 Å². The van der Waals surface area contributed by atoms with Gasteiger partial charge in [-0.2, -0.15) is 0 Å². The van der Waals surface area contributed by atoms with E-state index in [-0.39, 0.29) is 5.91 Å². The molecule has 2 N–H and O–H groups in total. The van der Waals surface area contributed by atoms with Gasteiger partial charge >= 0.3 is 0 Å². The van der Waals surface area contributed by atoms with Gasteiger partial charge in [-0.1, -0.05) is 30.3 Å². The van der Waals surface area contributed by atoms with E-state index in [1.807, 2.05) is 23.9 Å². The molecule has 1 amide bonds. The average Bonchev–Trinajstić information content (AvgIpc) is 2.54. The molecule has 1 aliphatic rings. The van der Waals surface area contributed by atoms with Crippen molar-refractivity contribution >= 4 is 23.4 Å². The summed E-state index contributed by atoms with van der Waals surface area (Å²) in [6.07, 6.45) is 1.16. The smallest absolute Gasteiger partial charge is 0.221 e. The van der Waals surface area contributed by atoms with Crippen LogP contribution in [0.25, 0.3) is 0 Å². The third-order valence-electron chi connectivity index (χ3n) is 3.79. The SMILES string of the molecule is CC(=O)Nc1ccc(CN[C@@H]2CCSc3ccccc32)cc1. The molecule has 0 aliphatic carbocycles. The van der Waals surface area contributed by atoms with Gasteiger partial charge < -0.3 is 10.6 Å². The van der Waals surface area contributed by atoms with Crippen molar-refractivity contribution in [2.24, 2.45) is 0 Å². The minimum absolute atomic E-state index is 0.0396. The fourth-order valence-corrected chi connectivity index (χ4v) is 3.83. The van der Waals surface area contributed by atoms with Gasteiger partial charge in [-0.3, -0.25) is 4.79 Å². The van der Waals surface area contributed by atoms with Gasteiger partial charge in [0, 0.05) is 30.1 Å². The summed E-state index contributed by atoms with van der Waals surface area (Å²) in [5, 5.41) is 6.44. The van der Waals surface area contributed by atoms with Crippen LogP contribution in [0.3, 0.4) is 0 Å². The lowest BCUT2D eigenvalue weighted by molar-refractivity contribution is -0.114. The third-order valence-corrected chi connectivity index (χ3v) is 4.91. The molecule has 2 aromatic rings. The van der Waals surface area contributed by atoms with Crippen LogP contribution in [0.1, 0.15) is 30.5 Å². The van der Waals surface area contributed by atoms with Crippen LogP contribution in [0.2, 0.25) is 0 Å². The molecule has 22 heavy (non-hydrogen) atoms. The van der Waals surface area contributed by atoms with Crippen LogP contribution in [-0.2, 0) is 11.3 Å². The third kappa shape index (κ3) is 3.70. The molecule has 0 spiro atoms. The molecule has 3 nitrogen and oxygen atoms in total. The van der Waals surface area contributed by atoms with Crippen LogP contribution in [0.5, 0.6) is 0 Å². The van der Waals surface area contributed by atoms with Crippen LogP contribution >= 0.6 is 11.8 Å². The quantitative estimate of drug-likeness (QED) is 0.897. The topological polar surface area (TPSA) is 41.1 Å². The van der Waals surface area contributed by atoms with Gasteiger partial charge in [-0.15, -0.1) is 11.8 Å². The average molecular weight is 312 g/mol. The highest BCUT2D eigenvalue weighted by atomic mass is 32.2. The summed E-state index contributed by atoms with van der Waals surface area (Å²) in [6.45, 7) is 2.36. The van der Waals surface area contributed by atoms with Crippen molar-refractivity contribution in [1.29, 1.82) is 0 Å². The van der Waals surface area contributed by atoms with Crippen LogP contribution in [0.15, 0.2) is 53.4 Å². The fraction of sp³-hybridized carbons (Fsp3) is 0.278. The van der Waals surface area contributed by atoms with Crippen molar-refractivity contribution in [2.75, 3.05) is 11.1 Å². The minimum atomic E-state index is -0.0396. The van der Waals surface area contributed by atoms with E-state index in [0.29, 0.717) is 6.04 Å². The molecule has 3 rings (SSSR count). The zero-order chi connectivity index (χ0) is 15.4. The number of hydrogen-bond donors (Lipinski definition) is 2. The Kier molecular flexibility index (Phi) is 4.80. The molecule has 0 fully saturated rings. The number of benzene rings is 2. The first kappa shape index (κ1) is 15.1. The summed E-state index contributed by atoms with van der Waals surface area (Å²) in [7, 11) is 0. The molecule has 1 heterocycles. The zero-order valence-corrected chi connectivity index (χ0v) is 13.5. The molecule has 0 unspecified atom stereocenters. The Hall–Kier alpha value is -1.78. The maximum Gasteiger partial charge on any atom is 0.221 e. The summed E-state index contributed by atoms with van der Waals surface area (Å²) in [4.78, 5) is 12.4. The summed E-state index contributed by atoms with van der Waals surface area (Å²) >= 11 is 1.94. The van der Waals surface area contributed by atoms with Crippen LogP contribution in [0.4, 0.5) is 5.69 Å². The number of hydrogen-bond acceptors (Lipinski definition) is 3. The van der Waals surface area contributed by atoms with E-state index in [9.17, 15) is 4.79 Å². The van der Waals surface area contributed by atoms with Crippen LogP contribution in [-0.4, -0.2) is 11.7 Å².